The minimum atomic E-state index is -3.94. The smallest absolute Gasteiger partial charge is 0.382 e. The molecule has 2 saturated heterocycles. The molecule has 7 heterocycles. The fourth-order valence-corrected chi connectivity index (χ4v) is 9.23. The number of nitrogens with two attached hydrogens (primary N) is 1. The van der Waals surface area contributed by atoms with Crippen LogP contribution in [0.15, 0.2) is 48.8 Å². The lowest BCUT2D eigenvalue weighted by Gasteiger charge is -2.45. The van der Waals surface area contributed by atoms with Crippen molar-refractivity contribution in [3.05, 3.63) is 54.4 Å². The van der Waals surface area contributed by atoms with E-state index in [2.05, 4.69) is 48.7 Å². The topological polar surface area (TPSA) is 221 Å². The highest BCUT2D eigenvalue weighted by Gasteiger charge is 2.50. The van der Waals surface area contributed by atoms with E-state index >= 15 is 0 Å². The molecular weight excluding hydrogens is 694 g/mol. The van der Waals surface area contributed by atoms with Crippen LogP contribution in [-0.4, -0.2) is 80.4 Å². The third-order valence-electron chi connectivity index (χ3n) is 8.95. The molecule has 5 aromatic heterocycles. The highest BCUT2D eigenvalue weighted by atomic mass is 32.7. The van der Waals surface area contributed by atoms with Gasteiger partial charge in [0, 0.05) is 24.4 Å². The van der Waals surface area contributed by atoms with E-state index in [4.69, 9.17) is 40.4 Å². The number of anilines is 1. The molecule has 1 saturated carbocycles. The quantitative estimate of drug-likeness (QED) is 0.119. The summed E-state index contributed by atoms with van der Waals surface area (Å²) >= 11 is 9.71. The number of rotatable bonds is 3. The number of thiol groups is 1. The Morgan fingerprint density at radius 1 is 1.11 bits per heavy atom. The van der Waals surface area contributed by atoms with Crippen molar-refractivity contribution in [2.75, 3.05) is 25.6 Å². The highest BCUT2D eigenvalue weighted by Crippen LogP contribution is 2.58. The maximum atomic E-state index is 13.5. The monoisotopic (exact) mass is 722 g/mol. The maximum absolute atomic E-state index is 13.5. The van der Waals surface area contributed by atoms with Crippen molar-refractivity contribution in [1.82, 2.24) is 43.4 Å². The second kappa shape index (κ2) is 11.5. The largest absolute Gasteiger partial charge is 0.386 e. The summed E-state index contributed by atoms with van der Waals surface area (Å²) in [6.07, 6.45) is 6.94. The van der Waals surface area contributed by atoms with Crippen LogP contribution in [0.1, 0.15) is 18.7 Å². The second-order valence-corrected chi connectivity index (χ2v) is 17.2. The Hall–Kier alpha value is -3.03. The Balaban J connectivity index is 1.07. The summed E-state index contributed by atoms with van der Waals surface area (Å²) in [6.45, 7) is -4.17. The number of hydrogen-bond acceptors (Lipinski definition) is 14. The predicted octanol–water partition coefficient (Wildman–Crippen LogP) is 2.37. The molecule has 4 N–H and O–H groups in total. The molecule has 5 aromatic rings. The van der Waals surface area contributed by atoms with Gasteiger partial charge in [-0.25, -0.2) is 33.9 Å². The molecule has 47 heavy (non-hydrogen) atoms. The van der Waals surface area contributed by atoms with E-state index in [0.717, 1.165) is 0 Å². The summed E-state index contributed by atoms with van der Waals surface area (Å²) in [4.78, 5) is 48.5. The fourth-order valence-electron chi connectivity index (χ4n) is 6.56. The van der Waals surface area contributed by atoms with Gasteiger partial charge >= 0.3 is 13.5 Å². The van der Waals surface area contributed by atoms with Crippen LogP contribution in [0.5, 0.6) is 0 Å². The van der Waals surface area contributed by atoms with Crippen LogP contribution in [0.4, 0.5) is 5.82 Å². The Morgan fingerprint density at radius 2 is 1.89 bits per heavy atom. The van der Waals surface area contributed by atoms with Crippen LogP contribution >= 0.6 is 25.8 Å². The van der Waals surface area contributed by atoms with Crippen LogP contribution in [0.2, 0.25) is 0 Å². The van der Waals surface area contributed by atoms with Crippen LogP contribution in [0.3, 0.4) is 0 Å². The van der Waals surface area contributed by atoms with Crippen LogP contribution in [0.25, 0.3) is 28.1 Å². The van der Waals surface area contributed by atoms with E-state index in [1.807, 2.05) is 4.57 Å². The van der Waals surface area contributed by atoms with Gasteiger partial charge in [0.15, 0.2) is 17.0 Å². The Bertz CT molecular complexity index is 2190. The SMILES string of the molecule is C=C[C@@H]1[C@@H]2OP(O)(=S)OC[C@H]3C[C@@H](n4cnc5c(=O)n6ccnc6[nH]c54)[C@@H]3COP(=O)(S)OC[C@H]2O[C@H]1n1cnc2c(N)ncnc21. The Kier molecular flexibility index (Phi) is 7.68. The molecule has 2 unspecified atom stereocenters. The molecule has 0 bridgehead atoms. The molecule has 8 rings (SSSR count). The molecule has 3 aliphatic rings. The van der Waals surface area contributed by atoms with Crippen molar-refractivity contribution in [2.24, 2.45) is 17.8 Å². The molecule has 1 aliphatic carbocycles. The van der Waals surface area contributed by atoms with E-state index in [1.165, 1.54) is 23.3 Å². The fraction of sp³-hybridized carbons (Fsp3) is 0.440. The Labute approximate surface area is 275 Å². The van der Waals surface area contributed by atoms with Gasteiger partial charge in [-0.3, -0.25) is 13.9 Å². The lowest BCUT2D eigenvalue weighted by Crippen LogP contribution is -2.43. The first kappa shape index (κ1) is 31.3. The first-order valence-corrected chi connectivity index (χ1v) is 19.7. The van der Waals surface area contributed by atoms with Gasteiger partial charge in [-0.05, 0) is 24.1 Å². The number of aromatic amines is 1. The van der Waals surface area contributed by atoms with E-state index in [0.29, 0.717) is 29.0 Å². The highest BCUT2D eigenvalue weighted by molar-refractivity contribution is 8.44. The molecular formula is C25H28N10O8P2S2. The number of H-pyrrole nitrogens is 1. The number of aromatic nitrogens is 9. The van der Waals surface area contributed by atoms with Gasteiger partial charge in [0.25, 0.3) is 5.56 Å². The van der Waals surface area contributed by atoms with Crippen molar-refractivity contribution in [2.45, 2.75) is 30.9 Å². The van der Waals surface area contributed by atoms with Crippen molar-refractivity contribution in [3.8, 4) is 0 Å². The van der Waals surface area contributed by atoms with Gasteiger partial charge in [-0.15, -0.1) is 6.58 Å². The van der Waals surface area contributed by atoms with Gasteiger partial charge in [-0.2, -0.15) is 0 Å². The molecule has 0 spiro atoms. The first-order valence-electron chi connectivity index (χ1n) is 14.4. The summed E-state index contributed by atoms with van der Waals surface area (Å²) in [5.41, 5.74) is 7.17. The molecule has 2 aliphatic heterocycles. The summed E-state index contributed by atoms with van der Waals surface area (Å²) in [7, 11) is 0. The lowest BCUT2D eigenvalue weighted by atomic mass is 9.70. The van der Waals surface area contributed by atoms with E-state index in [9.17, 15) is 14.3 Å². The molecule has 18 nitrogen and oxygen atoms in total. The number of imidazole rings is 3. The number of hydrogen-bond donors (Lipinski definition) is 4. The Morgan fingerprint density at radius 3 is 2.72 bits per heavy atom. The molecule has 0 radical (unpaired) electrons. The normalized spacial score (nSPS) is 35.1. The van der Waals surface area contributed by atoms with Crippen molar-refractivity contribution < 1.29 is 32.3 Å². The van der Waals surface area contributed by atoms with E-state index in [-0.39, 0.29) is 54.6 Å². The minimum absolute atomic E-state index is 0.0203. The van der Waals surface area contributed by atoms with Crippen LogP contribution < -0.4 is 11.3 Å². The first-order chi connectivity index (χ1) is 22.5. The summed E-state index contributed by atoms with van der Waals surface area (Å²) in [6, 6.07) is -0.242. The number of nitrogen functional groups attached to an aromatic ring is 1. The van der Waals surface area contributed by atoms with Gasteiger partial charge in [0.05, 0.1) is 38.4 Å². The van der Waals surface area contributed by atoms with Crippen LogP contribution in [0, 0.1) is 17.8 Å². The van der Waals surface area contributed by atoms with Gasteiger partial charge in [0.2, 0.25) is 5.78 Å². The van der Waals surface area contributed by atoms with Crippen molar-refractivity contribution >= 4 is 71.5 Å². The molecule has 22 heteroatoms. The molecule has 9 atom stereocenters. The summed E-state index contributed by atoms with van der Waals surface area (Å²) in [5, 5.41) is 0. The number of nitrogens with one attached hydrogen (secondary N) is 1. The summed E-state index contributed by atoms with van der Waals surface area (Å²) < 4.78 is 48.2. The minimum Gasteiger partial charge on any atom is -0.382 e. The number of ether oxygens (including phenoxy) is 1. The van der Waals surface area contributed by atoms with Gasteiger partial charge in [-0.1, -0.05) is 18.3 Å². The number of fused-ring (bicyclic) bond motifs is 5. The molecule has 3 fully saturated rings. The standard InChI is InChI=1S/C25H28N10O8P2S2/c1-2-13-19-16(42-24(13)35-11-30-17-20(26)28-9-29-21(17)35)8-41-44(37,46)40-7-14-12(6-39-45(38,47)43-19)5-15(14)34-10-31-18-22(34)32-25-27-3-4-33(25)23(18)36/h2-4,9-16,19,24H,1,5-8H2,(H,27,32)(H,37,46)(H,38,47)(H2,26,28,29)/t12-,13-,14-,15-,16-,19+,24-,44?,45?/m1/s1. The predicted molar refractivity (Wildman–Crippen MR) is 173 cm³/mol. The number of nitrogens with zero attached hydrogens (tertiary/aromatic N) is 8. The zero-order valence-corrected chi connectivity index (χ0v) is 27.8. The lowest BCUT2D eigenvalue weighted by molar-refractivity contribution is -0.0389. The van der Waals surface area contributed by atoms with Gasteiger partial charge in [0.1, 0.15) is 35.9 Å². The third kappa shape index (κ3) is 5.36. The zero-order valence-electron chi connectivity index (χ0n) is 24.3. The second-order valence-electron chi connectivity index (χ2n) is 11.5. The van der Waals surface area contributed by atoms with E-state index in [1.54, 1.807) is 23.2 Å². The van der Waals surface area contributed by atoms with E-state index < -0.39 is 37.9 Å². The molecule has 0 amide bonds. The van der Waals surface area contributed by atoms with Gasteiger partial charge < -0.3 is 38.5 Å². The maximum Gasteiger partial charge on any atom is 0.386 e. The average Bonchev–Trinajstić information content (AvgIpc) is 3.81. The average molecular weight is 723 g/mol. The van der Waals surface area contributed by atoms with Crippen molar-refractivity contribution in [3.63, 3.8) is 0 Å². The van der Waals surface area contributed by atoms with Crippen molar-refractivity contribution in [1.29, 1.82) is 0 Å². The molecule has 248 valence electrons. The zero-order chi connectivity index (χ0) is 32.7. The third-order valence-corrected chi connectivity index (χ3v) is 12.2. The summed E-state index contributed by atoms with van der Waals surface area (Å²) in [5.74, 6) is -0.561. The van der Waals surface area contributed by atoms with Crippen LogP contribution in [-0.2, 0) is 39.2 Å². The molecule has 0 aromatic carbocycles.